The molecule has 1 saturated heterocycles. The number of halogens is 2. The molecule has 1 aromatic carbocycles. The monoisotopic (exact) mass is 455 g/mol. The summed E-state index contributed by atoms with van der Waals surface area (Å²) in [5.74, 6) is -0.632. The van der Waals surface area contributed by atoms with E-state index in [9.17, 15) is 4.39 Å². The highest BCUT2D eigenvalue weighted by Gasteiger charge is 2.20. The summed E-state index contributed by atoms with van der Waals surface area (Å²) in [4.78, 5) is 10.6. The maximum Gasteiger partial charge on any atom is 0.229 e. The Hall–Kier alpha value is -3.64. The Labute approximate surface area is 187 Å². The van der Waals surface area contributed by atoms with Crippen LogP contribution in [0, 0.1) is 11.6 Å². The first-order valence-corrected chi connectivity index (χ1v) is 10.6. The summed E-state index contributed by atoms with van der Waals surface area (Å²) in [5.41, 5.74) is 1.61. The molecule has 4 heterocycles. The summed E-state index contributed by atoms with van der Waals surface area (Å²) in [6, 6.07) is 2.44. The number of aliphatic hydroxyl groups is 1. The minimum atomic E-state index is -0.492. The molecule has 1 aliphatic heterocycles. The topological polar surface area (TPSA) is 109 Å². The fraction of sp³-hybridized carbons (Fsp3) is 0.333. The SMILES string of the molecule is OCCn1cc(Nc2ncc3cnn(Cc4cc(F)cc(N5CCNCC5)c4F)c3n2)cn1. The van der Waals surface area contributed by atoms with Crippen LogP contribution in [0.5, 0.6) is 0 Å². The zero-order valence-corrected chi connectivity index (χ0v) is 17.7. The molecule has 0 radical (unpaired) electrons. The van der Waals surface area contributed by atoms with Crippen LogP contribution in [0.2, 0.25) is 0 Å². The van der Waals surface area contributed by atoms with E-state index >= 15 is 4.39 Å². The lowest BCUT2D eigenvalue weighted by Crippen LogP contribution is -2.44. The first kappa shape index (κ1) is 21.2. The highest BCUT2D eigenvalue weighted by molar-refractivity contribution is 5.75. The van der Waals surface area contributed by atoms with Gasteiger partial charge in [-0.05, 0) is 6.07 Å². The Balaban J connectivity index is 1.42. The molecule has 12 heteroatoms. The van der Waals surface area contributed by atoms with E-state index in [-0.39, 0.29) is 24.4 Å². The van der Waals surface area contributed by atoms with Gasteiger partial charge in [0.1, 0.15) is 5.82 Å². The van der Waals surface area contributed by atoms with E-state index in [1.807, 2.05) is 4.90 Å². The third-order valence-electron chi connectivity index (χ3n) is 5.47. The molecule has 0 bridgehead atoms. The predicted octanol–water partition coefficient (Wildman–Crippen LogP) is 1.49. The number of benzene rings is 1. The minimum Gasteiger partial charge on any atom is -0.394 e. The quantitative estimate of drug-likeness (QED) is 0.385. The number of aliphatic hydroxyl groups excluding tert-OH is 1. The molecule has 172 valence electrons. The molecule has 3 N–H and O–H groups in total. The zero-order chi connectivity index (χ0) is 22.8. The summed E-state index contributed by atoms with van der Waals surface area (Å²) in [5, 5.41) is 24.4. The lowest BCUT2D eigenvalue weighted by Gasteiger charge is -2.30. The Morgan fingerprint density at radius 3 is 2.76 bits per heavy atom. The van der Waals surface area contributed by atoms with E-state index in [4.69, 9.17) is 5.11 Å². The normalized spacial score (nSPS) is 14.2. The fourth-order valence-corrected chi connectivity index (χ4v) is 3.87. The molecule has 33 heavy (non-hydrogen) atoms. The summed E-state index contributed by atoms with van der Waals surface area (Å²) in [6.45, 7) is 3.06. The van der Waals surface area contributed by atoms with Crippen LogP contribution >= 0.6 is 0 Å². The second-order valence-corrected chi connectivity index (χ2v) is 7.75. The number of anilines is 3. The number of hydrogen-bond acceptors (Lipinski definition) is 8. The maximum absolute atomic E-state index is 15.3. The van der Waals surface area contributed by atoms with Crippen LogP contribution in [0.15, 0.2) is 36.9 Å². The summed E-state index contributed by atoms with van der Waals surface area (Å²) >= 11 is 0. The van der Waals surface area contributed by atoms with Crippen molar-refractivity contribution >= 4 is 28.4 Å². The molecule has 4 aromatic rings. The molecule has 1 fully saturated rings. The van der Waals surface area contributed by atoms with Gasteiger partial charge in [-0.25, -0.2) is 18.4 Å². The molecule has 10 nitrogen and oxygen atoms in total. The average molecular weight is 455 g/mol. The second-order valence-electron chi connectivity index (χ2n) is 7.75. The molecule has 0 amide bonds. The Kier molecular flexibility index (Phi) is 5.84. The van der Waals surface area contributed by atoms with E-state index in [0.717, 1.165) is 13.1 Å². The first-order chi connectivity index (χ1) is 16.1. The second kappa shape index (κ2) is 9.08. The first-order valence-electron chi connectivity index (χ1n) is 10.6. The molecule has 0 spiro atoms. The highest BCUT2D eigenvalue weighted by Crippen LogP contribution is 2.26. The van der Waals surface area contributed by atoms with E-state index < -0.39 is 11.6 Å². The molecule has 0 aliphatic carbocycles. The van der Waals surface area contributed by atoms with Gasteiger partial charge in [0.15, 0.2) is 11.5 Å². The fourth-order valence-electron chi connectivity index (χ4n) is 3.87. The zero-order valence-electron chi connectivity index (χ0n) is 17.7. The van der Waals surface area contributed by atoms with Crippen molar-refractivity contribution in [2.75, 3.05) is 43.0 Å². The smallest absolute Gasteiger partial charge is 0.229 e. The van der Waals surface area contributed by atoms with Gasteiger partial charge in [-0.15, -0.1) is 0 Å². The highest BCUT2D eigenvalue weighted by atomic mass is 19.1. The number of nitrogens with zero attached hydrogens (tertiary/aromatic N) is 7. The van der Waals surface area contributed by atoms with Crippen LogP contribution in [0.3, 0.4) is 0 Å². The summed E-state index contributed by atoms with van der Waals surface area (Å²) < 4.78 is 32.8. The number of piperazine rings is 1. The molecule has 0 unspecified atom stereocenters. The van der Waals surface area contributed by atoms with Gasteiger partial charge in [0, 0.05) is 50.2 Å². The average Bonchev–Trinajstić information content (AvgIpc) is 3.43. The van der Waals surface area contributed by atoms with Crippen molar-refractivity contribution < 1.29 is 13.9 Å². The molecule has 5 rings (SSSR count). The maximum atomic E-state index is 15.3. The van der Waals surface area contributed by atoms with Crippen molar-refractivity contribution in [2.24, 2.45) is 0 Å². The number of hydrogen-bond donors (Lipinski definition) is 3. The lowest BCUT2D eigenvalue weighted by atomic mass is 10.1. The van der Waals surface area contributed by atoms with Crippen molar-refractivity contribution in [1.82, 2.24) is 34.8 Å². The van der Waals surface area contributed by atoms with Crippen LogP contribution in [0.25, 0.3) is 11.0 Å². The number of nitrogens with one attached hydrogen (secondary N) is 2. The van der Waals surface area contributed by atoms with E-state index in [0.29, 0.717) is 42.3 Å². The van der Waals surface area contributed by atoms with Gasteiger partial charge in [0.05, 0.1) is 48.9 Å². The van der Waals surface area contributed by atoms with Gasteiger partial charge in [0.25, 0.3) is 0 Å². The van der Waals surface area contributed by atoms with Gasteiger partial charge < -0.3 is 20.6 Å². The van der Waals surface area contributed by atoms with Crippen LogP contribution in [0.4, 0.5) is 26.1 Å². The molecule has 1 aliphatic rings. The van der Waals surface area contributed by atoms with Crippen molar-refractivity contribution in [3.63, 3.8) is 0 Å². The van der Waals surface area contributed by atoms with E-state index in [1.165, 1.54) is 16.8 Å². The largest absolute Gasteiger partial charge is 0.394 e. The van der Waals surface area contributed by atoms with Crippen molar-refractivity contribution in [3.05, 3.63) is 54.1 Å². The van der Waals surface area contributed by atoms with Crippen LogP contribution in [-0.2, 0) is 13.1 Å². The minimum absolute atomic E-state index is 0.0181. The molecular weight excluding hydrogens is 432 g/mol. The van der Waals surface area contributed by atoms with Gasteiger partial charge in [-0.1, -0.05) is 0 Å². The summed E-state index contributed by atoms with van der Waals surface area (Å²) in [6.07, 6.45) is 6.52. The number of fused-ring (bicyclic) bond motifs is 1. The van der Waals surface area contributed by atoms with E-state index in [1.54, 1.807) is 29.5 Å². The predicted molar refractivity (Wildman–Crippen MR) is 118 cm³/mol. The lowest BCUT2D eigenvalue weighted by molar-refractivity contribution is 0.269. The van der Waals surface area contributed by atoms with E-state index in [2.05, 4.69) is 30.8 Å². The molecule has 0 atom stereocenters. The summed E-state index contributed by atoms with van der Waals surface area (Å²) in [7, 11) is 0. The van der Waals surface area contributed by atoms with Gasteiger partial charge in [-0.2, -0.15) is 15.2 Å². The van der Waals surface area contributed by atoms with Crippen molar-refractivity contribution in [3.8, 4) is 0 Å². The van der Waals surface area contributed by atoms with Crippen molar-refractivity contribution in [1.29, 1.82) is 0 Å². The Bertz CT molecular complexity index is 1270. The van der Waals surface area contributed by atoms with Crippen molar-refractivity contribution in [2.45, 2.75) is 13.1 Å². The molecular formula is C21H23F2N9O. The third kappa shape index (κ3) is 4.47. The molecule has 3 aromatic heterocycles. The van der Waals surface area contributed by atoms with Crippen LogP contribution in [-0.4, -0.2) is 67.4 Å². The van der Waals surface area contributed by atoms with Gasteiger partial charge >= 0.3 is 0 Å². The van der Waals surface area contributed by atoms with Gasteiger partial charge in [-0.3, -0.25) is 4.68 Å². The van der Waals surface area contributed by atoms with Crippen LogP contribution in [0.1, 0.15) is 5.56 Å². The van der Waals surface area contributed by atoms with Gasteiger partial charge in [0.2, 0.25) is 5.95 Å². The number of rotatable bonds is 7. The molecule has 0 saturated carbocycles. The standard InChI is InChI=1S/C21H23F2N9O/c22-16-7-14(19(23)18(8-16)30-3-1-24-2-4-30)12-32-20-15(10-27-32)9-25-21(29-20)28-17-11-26-31(13-17)5-6-33/h7-11,13,24,33H,1-6,12H2,(H,25,28,29). The Morgan fingerprint density at radius 1 is 1.09 bits per heavy atom. The Morgan fingerprint density at radius 2 is 1.94 bits per heavy atom. The third-order valence-corrected chi connectivity index (χ3v) is 5.47. The number of aromatic nitrogens is 6. The van der Waals surface area contributed by atoms with Crippen LogP contribution < -0.4 is 15.5 Å².